The molecule has 3 heterocycles. The predicted octanol–water partition coefficient (Wildman–Crippen LogP) is 5.10. The van der Waals surface area contributed by atoms with Crippen molar-refractivity contribution < 1.29 is 4.79 Å². The number of hydrogen-bond donors (Lipinski definition) is 1. The van der Waals surface area contributed by atoms with Crippen LogP contribution >= 0.6 is 23.1 Å². The molecule has 0 bridgehead atoms. The lowest BCUT2D eigenvalue weighted by molar-refractivity contribution is -0.115. The van der Waals surface area contributed by atoms with Crippen molar-refractivity contribution in [3.8, 4) is 11.3 Å². The van der Waals surface area contributed by atoms with E-state index in [1.54, 1.807) is 11.3 Å². The van der Waals surface area contributed by atoms with E-state index in [9.17, 15) is 4.79 Å². The van der Waals surface area contributed by atoms with Crippen LogP contribution < -0.4 is 5.32 Å². The molecule has 1 fully saturated rings. The molecule has 1 aliphatic rings. The molecule has 0 spiro atoms. The van der Waals surface area contributed by atoms with Crippen LogP contribution in [-0.2, 0) is 17.8 Å². The molecule has 0 unspecified atom stereocenters. The van der Waals surface area contributed by atoms with Gasteiger partial charge in [-0.2, -0.15) is 11.8 Å². The molecule has 2 aromatic carbocycles. The van der Waals surface area contributed by atoms with Gasteiger partial charge in [0.05, 0.1) is 12.1 Å². The zero-order chi connectivity index (χ0) is 21.9. The van der Waals surface area contributed by atoms with E-state index in [1.165, 1.54) is 17.1 Å². The first-order valence-corrected chi connectivity index (χ1v) is 12.9. The maximum Gasteiger partial charge on any atom is 0.230 e. The Balaban J connectivity index is 1.25. The summed E-state index contributed by atoms with van der Waals surface area (Å²) < 4.78 is 2.03. The summed E-state index contributed by atoms with van der Waals surface area (Å²) in [5.41, 5.74) is 6.26. The normalized spacial score (nSPS) is 14.7. The first-order valence-electron chi connectivity index (χ1n) is 10.9. The summed E-state index contributed by atoms with van der Waals surface area (Å²) >= 11 is 3.59. The minimum Gasteiger partial charge on any atom is -0.326 e. The molecule has 32 heavy (non-hydrogen) atoms. The smallest absolute Gasteiger partial charge is 0.230 e. The van der Waals surface area contributed by atoms with Gasteiger partial charge in [0.1, 0.15) is 0 Å². The molecule has 0 radical (unpaired) electrons. The third kappa shape index (κ3) is 4.75. The summed E-state index contributed by atoms with van der Waals surface area (Å²) in [5.74, 6) is 2.42. The van der Waals surface area contributed by atoms with E-state index < -0.39 is 0 Å². The summed E-state index contributed by atoms with van der Waals surface area (Å²) in [4.78, 5) is 20.9. The summed E-state index contributed by atoms with van der Waals surface area (Å²) in [6.07, 6.45) is 2.33. The lowest BCUT2D eigenvalue weighted by Crippen LogP contribution is -2.31. The highest BCUT2D eigenvalue weighted by atomic mass is 32.2. The molecule has 0 atom stereocenters. The lowest BCUT2D eigenvalue weighted by atomic mass is 10.1. The van der Waals surface area contributed by atoms with Crippen molar-refractivity contribution >= 4 is 39.7 Å². The van der Waals surface area contributed by atoms with E-state index in [0.29, 0.717) is 6.42 Å². The van der Waals surface area contributed by atoms with Gasteiger partial charge in [-0.15, -0.1) is 11.3 Å². The molecule has 5 rings (SSSR count). The van der Waals surface area contributed by atoms with Gasteiger partial charge in [0.25, 0.3) is 0 Å². The standard InChI is InChI=1S/C25H26N4OS2/c1-18-13-19(15-28-9-11-31-12-10-28)7-8-22(18)26-24(30)14-21-17-32-25-27-23(16-29(21)25)20-5-3-2-4-6-20/h2-8,13,16-17H,9-12,14-15H2,1H3,(H,26,30). The molecule has 0 saturated carbocycles. The van der Waals surface area contributed by atoms with Gasteiger partial charge < -0.3 is 5.32 Å². The van der Waals surface area contributed by atoms with E-state index in [4.69, 9.17) is 4.98 Å². The van der Waals surface area contributed by atoms with E-state index in [-0.39, 0.29) is 5.91 Å². The Morgan fingerprint density at radius 1 is 1.12 bits per heavy atom. The number of nitrogens with one attached hydrogen (secondary N) is 1. The Morgan fingerprint density at radius 3 is 2.72 bits per heavy atom. The van der Waals surface area contributed by atoms with E-state index in [1.807, 2.05) is 52.0 Å². The van der Waals surface area contributed by atoms with E-state index >= 15 is 0 Å². The number of carbonyl (C=O) groups excluding carboxylic acids is 1. The van der Waals surface area contributed by atoms with Crippen LogP contribution in [0.25, 0.3) is 16.2 Å². The maximum atomic E-state index is 12.8. The first-order chi connectivity index (χ1) is 15.7. The molecule has 1 saturated heterocycles. The molecule has 1 aliphatic heterocycles. The van der Waals surface area contributed by atoms with Crippen LogP contribution in [0, 0.1) is 6.92 Å². The maximum absolute atomic E-state index is 12.8. The van der Waals surface area contributed by atoms with Gasteiger partial charge in [0, 0.05) is 59.7 Å². The van der Waals surface area contributed by atoms with Gasteiger partial charge in [-0.3, -0.25) is 14.1 Å². The van der Waals surface area contributed by atoms with E-state index in [0.717, 1.165) is 52.8 Å². The molecule has 5 nitrogen and oxygen atoms in total. The summed E-state index contributed by atoms with van der Waals surface area (Å²) in [5, 5.41) is 5.11. The second-order valence-electron chi connectivity index (χ2n) is 8.13. The summed E-state index contributed by atoms with van der Waals surface area (Å²) in [7, 11) is 0. The number of rotatable bonds is 6. The number of carbonyl (C=O) groups is 1. The number of aryl methyl sites for hydroxylation is 1. The zero-order valence-corrected chi connectivity index (χ0v) is 19.7. The van der Waals surface area contributed by atoms with Crippen molar-refractivity contribution in [2.24, 2.45) is 0 Å². The average Bonchev–Trinajstić information content (AvgIpc) is 3.39. The number of imidazole rings is 1. The molecular formula is C25H26N4OS2. The fourth-order valence-electron chi connectivity index (χ4n) is 4.05. The van der Waals surface area contributed by atoms with Crippen LogP contribution in [0.1, 0.15) is 16.8 Å². The molecule has 4 aromatic rings. The van der Waals surface area contributed by atoms with E-state index in [2.05, 4.69) is 41.4 Å². The predicted molar refractivity (Wildman–Crippen MR) is 135 cm³/mol. The van der Waals surface area contributed by atoms with Gasteiger partial charge in [-0.05, 0) is 24.1 Å². The minimum atomic E-state index is -0.0106. The number of thiazole rings is 1. The Bertz CT molecular complexity index is 1230. The molecule has 7 heteroatoms. The number of hydrogen-bond acceptors (Lipinski definition) is 5. The molecular weight excluding hydrogens is 436 g/mol. The minimum absolute atomic E-state index is 0.0106. The molecule has 1 N–H and O–H groups in total. The monoisotopic (exact) mass is 462 g/mol. The summed E-state index contributed by atoms with van der Waals surface area (Å²) in [6.45, 7) is 5.35. The van der Waals surface area contributed by atoms with Crippen LogP contribution in [0.2, 0.25) is 0 Å². The Labute approximate surface area is 196 Å². The molecule has 0 aliphatic carbocycles. The molecule has 164 valence electrons. The number of anilines is 1. The lowest BCUT2D eigenvalue weighted by Gasteiger charge is -2.26. The van der Waals surface area contributed by atoms with Gasteiger partial charge >= 0.3 is 0 Å². The van der Waals surface area contributed by atoms with Crippen molar-refractivity contribution in [1.82, 2.24) is 14.3 Å². The van der Waals surface area contributed by atoms with Crippen LogP contribution in [0.5, 0.6) is 0 Å². The highest BCUT2D eigenvalue weighted by molar-refractivity contribution is 7.99. The van der Waals surface area contributed by atoms with Crippen molar-refractivity contribution in [3.05, 3.63) is 76.9 Å². The SMILES string of the molecule is Cc1cc(CN2CCSCC2)ccc1NC(=O)Cc1csc2nc(-c3ccccc3)cn12. The Morgan fingerprint density at radius 2 is 1.94 bits per heavy atom. The second kappa shape index (κ2) is 9.48. The van der Waals surface area contributed by atoms with Crippen LogP contribution in [0.4, 0.5) is 5.69 Å². The Kier molecular flexibility index (Phi) is 6.30. The van der Waals surface area contributed by atoms with Gasteiger partial charge in [-0.1, -0.05) is 42.5 Å². The quantitative estimate of drug-likeness (QED) is 0.433. The van der Waals surface area contributed by atoms with Crippen molar-refractivity contribution in [1.29, 1.82) is 0 Å². The van der Waals surface area contributed by atoms with Crippen LogP contribution in [0.3, 0.4) is 0 Å². The molecule has 2 aromatic heterocycles. The zero-order valence-electron chi connectivity index (χ0n) is 18.1. The van der Waals surface area contributed by atoms with Crippen LogP contribution in [-0.4, -0.2) is 44.8 Å². The fraction of sp³-hybridized carbons (Fsp3) is 0.280. The van der Waals surface area contributed by atoms with Gasteiger partial charge in [-0.25, -0.2) is 4.98 Å². The number of thioether (sulfide) groups is 1. The van der Waals surface area contributed by atoms with Crippen molar-refractivity contribution in [2.45, 2.75) is 19.9 Å². The number of fused-ring (bicyclic) bond motifs is 1. The topological polar surface area (TPSA) is 49.6 Å². The highest BCUT2D eigenvalue weighted by Crippen LogP contribution is 2.24. The van der Waals surface area contributed by atoms with Crippen LogP contribution in [0.15, 0.2) is 60.1 Å². The van der Waals surface area contributed by atoms with Crippen molar-refractivity contribution in [3.63, 3.8) is 0 Å². The number of nitrogens with zero attached hydrogens (tertiary/aromatic N) is 3. The van der Waals surface area contributed by atoms with Gasteiger partial charge in [0.2, 0.25) is 5.91 Å². The fourth-order valence-corrected chi connectivity index (χ4v) is 5.90. The number of amides is 1. The average molecular weight is 463 g/mol. The number of aromatic nitrogens is 2. The first kappa shape index (κ1) is 21.2. The highest BCUT2D eigenvalue weighted by Gasteiger charge is 2.14. The second-order valence-corrected chi connectivity index (χ2v) is 10.2. The third-order valence-corrected chi connectivity index (χ3v) is 7.60. The van der Waals surface area contributed by atoms with Crippen molar-refractivity contribution in [2.75, 3.05) is 29.9 Å². The Hall–Kier alpha value is -2.61. The molecule has 1 amide bonds. The number of benzene rings is 2. The summed E-state index contributed by atoms with van der Waals surface area (Å²) in [6, 6.07) is 16.5. The third-order valence-electron chi connectivity index (χ3n) is 5.77. The van der Waals surface area contributed by atoms with Gasteiger partial charge in [0.15, 0.2) is 4.96 Å². The largest absolute Gasteiger partial charge is 0.326 e.